The summed E-state index contributed by atoms with van der Waals surface area (Å²) in [6.07, 6.45) is 0. The largest absolute Gasteiger partial charge is 0.493 e. The van der Waals surface area contributed by atoms with Crippen molar-refractivity contribution in [3.63, 3.8) is 0 Å². The van der Waals surface area contributed by atoms with Gasteiger partial charge in [0.1, 0.15) is 9.88 Å². The molecule has 0 radical (unpaired) electrons. The van der Waals surface area contributed by atoms with E-state index in [9.17, 15) is 4.79 Å². The Morgan fingerprint density at radius 3 is 2.45 bits per heavy atom. The van der Waals surface area contributed by atoms with Crippen LogP contribution in [-0.2, 0) is 0 Å². The minimum Gasteiger partial charge on any atom is -0.493 e. The molecule has 6 nitrogen and oxygen atoms in total. The molecule has 8 heteroatoms. The van der Waals surface area contributed by atoms with Gasteiger partial charge in [0.2, 0.25) is 0 Å². The van der Waals surface area contributed by atoms with Gasteiger partial charge in [0.05, 0.1) is 19.9 Å². The second kappa shape index (κ2) is 9.16. The molecule has 0 N–H and O–H groups in total. The molecule has 1 aliphatic heterocycles. The summed E-state index contributed by atoms with van der Waals surface area (Å²) in [5, 5.41) is 1.51. The number of aromatic nitrogens is 1. The van der Waals surface area contributed by atoms with Gasteiger partial charge in [-0.25, -0.2) is 4.98 Å². The Morgan fingerprint density at radius 2 is 1.77 bits per heavy atom. The lowest BCUT2D eigenvalue weighted by atomic mass is 10.2. The van der Waals surface area contributed by atoms with E-state index in [1.807, 2.05) is 54.3 Å². The maximum Gasteiger partial charge on any atom is 0.265 e. The van der Waals surface area contributed by atoms with Crippen molar-refractivity contribution in [3.8, 4) is 22.1 Å². The van der Waals surface area contributed by atoms with Crippen molar-refractivity contribution in [1.82, 2.24) is 9.88 Å². The number of nitrogens with zero attached hydrogens (tertiary/aromatic N) is 3. The van der Waals surface area contributed by atoms with Crippen LogP contribution in [0.25, 0.3) is 10.6 Å². The SMILES string of the molecule is COc1ccc(-c2nc(C)c(C(=O)N3CCN(c4cccc(Cl)c4)CC3)s2)cc1OC. The first-order chi connectivity index (χ1) is 15.0. The zero-order chi connectivity index (χ0) is 22.0. The highest BCUT2D eigenvalue weighted by molar-refractivity contribution is 7.17. The number of rotatable bonds is 5. The molecule has 0 saturated carbocycles. The van der Waals surface area contributed by atoms with Crippen LogP contribution in [0.4, 0.5) is 5.69 Å². The topological polar surface area (TPSA) is 54.9 Å². The summed E-state index contributed by atoms with van der Waals surface area (Å²) in [6.45, 7) is 4.75. The molecule has 2 heterocycles. The lowest BCUT2D eigenvalue weighted by Gasteiger charge is -2.36. The third kappa shape index (κ3) is 4.48. The average molecular weight is 458 g/mol. The predicted octanol–water partition coefficient (Wildman–Crippen LogP) is 4.75. The van der Waals surface area contributed by atoms with Gasteiger partial charge in [-0.15, -0.1) is 11.3 Å². The van der Waals surface area contributed by atoms with Crippen molar-refractivity contribution in [2.75, 3.05) is 45.3 Å². The van der Waals surface area contributed by atoms with Crippen molar-refractivity contribution in [2.45, 2.75) is 6.92 Å². The van der Waals surface area contributed by atoms with E-state index < -0.39 is 0 Å². The lowest BCUT2D eigenvalue weighted by molar-refractivity contribution is 0.0750. The Kier molecular flexibility index (Phi) is 6.34. The van der Waals surface area contributed by atoms with Gasteiger partial charge in [0, 0.05) is 42.5 Å². The minimum absolute atomic E-state index is 0.0347. The molecule has 1 saturated heterocycles. The van der Waals surface area contributed by atoms with Crippen molar-refractivity contribution < 1.29 is 14.3 Å². The van der Waals surface area contributed by atoms with Gasteiger partial charge >= 0.3 is 0 Å². The van der Waals surface area contributed by atoms with E-state index in [4.69, 9.17) is 21.1 Å². The number of amides is 1. The van der Waals surface area contributed by atoms with Crippen molar-refractivity contribution >= 4 is 34.5 Å². The molecule has 162 valence electrons. The number of ether oxygens (including phenoxy) is 2. The molecule has 0 bridgehead atoms. The second-order valence-corrected chi connectivity index (χ2v) is 8.70. The van der Waals surface area contributed by atoms with E-state index in [1.165, 1.54) is 11.3 Å². The molecule has 2 aromatic carbocycles. The summed E-state index contributed by atoms with van der Waals surface area (Å²) in [6, 6.07) is 13.5. The maximum absolute atomic E-state index is 13.2. The van der Waals surface area contributed by atoms with Gasteiger partial charge in [-0.1, -0.05) is 17.7 Å². The molecule has 0 unspecified atom stereocenters. The normalized spacial score (nSPS) is 13.9. The smallest absolute Gasteiger partial charge is 0.265 e. The van der Waals surface area contributed by atoms with Gasteiger partial charge in [-0.3, -0.25) is 4.79 Å². The Morgan fingerprint density at radius 1 is 1.03 bits per heavy atom. The highest BCUT2D eigenvalue weighted by Gasteiger charge is 2.26. The summed E-state index contributed by atoms with van der Waals surface area (Å²) < 4.78 is 10.7. The molecule has 1 amide bonds. The molecule has 31 heavy (non-hydrogen) atoms. The van der Waals surface area contributed by atoms with E-state index in [-0.39, 0.29) is 5.91 Å². The summed E-state index contributed by atoms with van der Waals surface area (Å²) in [4.78, 5) is 22.7. The molecule has 1 aliphatic rings. The van der Waals surface area contributed by atoms with Crippen molar-refractivity contribution in [1.29, 1.82) is 0 Å². The molecule has 0 aliphatic carbocycles. The predicted molar refractivity (Wildman–Crippen MR) is 125 cm³/mol. The quantitative estimate of drug-likeness (QED) is 0.553. The van der Waals surface area contributed by atoms with Crippen LogP contribution in [0, 0.1) is 6.92 Å². The van der Waals surface area contributed by atoms with E-state index in [0.717, 1.165) is 40.1 Å². The van der Waals surface area contributed by atoms with E-state index in [1.54, 1.807) is 14.2 Å². The number of anilines is 1. The standard InChI is InChI=1S/C23H24ClN3O3S/c1-15-21(31-22(25-15)16-7-8-19(29-2)20(13-16)30-3)23(28)27-11-9-26(10-12-27)18-6-4-5-17(24)14-18/h4-8,13-14H,9-12H2,1-3H3. The molecule has 1 fully saturated rings. The first-order valence-corrected chi connectivity index (χ1v) is 11.2. The monoisotopic (exact) mass is 457 g/mol. The van der Waals surface area contributed by atoms with Gasteiger partial charge in [0.25, 0.3) is 5.91 Å². The third-order valence-electron chi connectivity index (χ3n) is 5.36. The van der Waals surface area contributed by atoms with Gasteiger partial charge in [0.15, 0.2) is 11.5 Å². The number of thiazole rings is 1. The summed E-state index contributed by atoms with van der Waals surface area (Å²) in [5.41, 5.74) is 2.73. The fourth-order valence-corrected chi connectivity index (χ4v) is 4.89. The Labute approximate surface area is 191 Å². The van der Waals surface area contributed by atoms with Crippen LogP contribution < -0.4 is 14.4 Å². The Balaban J connectivity index is 1.48. The highest BCUT2D eigenvalue weighted by atomic mass is 35.5. The number of methoxy groups -OCH3 is 2. The van der Waals surface area contributed by atoms with Crippen molar-refractivity contribution in [3.05, 3.63) is 58.1 Å². The average Bonchev–Trinajstić information content (AvgIpc) is 3.19. The first kappa shape index (κ1) is 21.5. The zero-order valence-corrected chi connectivity index (χ0v) is 19.3. The Bertz CT molecular complexity index is 1090. The molecule has 3 aromatic rings. The summed E-state index contributed by atoms with van der Waals surface area (Å²) in [7, 11) is 3.21. The lowest BCUT2D eigenvalue weighted by Crippen LogP contribution is -2.48. The van der Waals surface area contributed by atoms with Gasteiger partial charge < -0.3 is 19.3 Å². The summed E-state index contributed by atoms with van der Waals surface area (Å²) >= 11 is 7.53. The molecule has 4 rings (SSSR count). The third-order valence-corrected chi connectivity index (χ3v) is 6.79. The maximum atomic E-state index is 13.2. The Hall–Kier alpha value is -2.77. The van der Waals surface area contributed by atoms with Crippen LogP contribution >= 0.6 is 22.9 Å². The number of halogens is 1. The zero-order valence-electron chi connectivity index (χ0n) is 17.7. The van der Waals surface area contributed by atoms with Crippen LogP contribution in [0.1, 0.15) is 15.4 Å². The molecule has 0 atom stereocenters. The molecular weight excluding hydrogens is 434 g/mol. The number of piperazine rings is 1. The van der Waals surface area contributed by atoms with E-state index >= 15 is 0 Å². The number of hydrogen-bond donors (Lipinski definition) is 0. The number of carbonyl (C=O) groups is 1. The number of hydrogen-bond acceptors (Lipinski definition) is 6. The van der Waals surface area contributed by atoms with Crippen LogP contribution in [0.2, 0.25) is 5.02 Å². The number of benzene rings is 2. The van der Waals surface area contributed by atoms with Gasteiger partial charge in [-0.05, 0) is 43.3 Å². The molecule has 1 aromatic heterocycles. The van der Waals surface area contributed by atoms with E-state index in [0.29, 0.717) is 29.5 Å². The number of carbonyl (C=O) groups excluding carboxylic acids is 1. The fourth-order valence-electron chi connectivity index (χ4n) is 3.67. The first-order valence-electron chi connectivity index (χ1n) is 9.99. The van der Waals surface area contributed by atoms with Crippen LogP contribution in [-0.4, -0.2) is 56.2 Å². The summed E-state index contributed by atoms with van der Waals surface area (Å²) in [5.74, 6) is 1.33. The molecular formula is C23H24ClN3O3S. The molecule has 0 spiro atoms. The van der Waals surface area contributed by atoms with Crippen molar-refractivity contribution in [2.24, 2.45) is 0 Å². The minimum atomic E-state index is 0.0347. The number of aryl methyl sites for hydroxylation is 1. The van der Waals surface area contributed by atoms with Crippen LogP contribution in [0.15, 0.2) is 42.5 Å². The van der Waals surface area contributed by atoms with Gasteiger partial charge in [-0.2, -0.15) is 0 Å². The second-order valence-electron chi connectivity index (χ2n) is 7.26. The van der Waals surface area contributed by atoms with E-state index in [2.05, 4.69) is 9.88 Å². The highest BCUT2D eigenvalue weighted by Crippen LogP contribution is 2.35. The van der Waals surface area contributed by atoms with Crippen LogP contribution in [0.5, 0.6) is 11.5 Å². The fraction of sp³-hybridized carbons (Fsp3) is 0.304. The van der Waals surface area contributed by atoms with Crippen LogP contribution in [0.3, 0.4) is 0 Å².